The highest BCUT2D eigenvalue weighted by molar-refractivity contribution is 7.89. The van der Waals surface area contributed by atoms with Gasteiger partial charge in [0.2, 0.25) is 10.0 Å². The van der Waals surface area contributed by atoms with Gasteiger partial charge in [0, 0.05) is 17.0 Å². The number of halogens is 3. The summed E-state index contributed by atoms with van der Waals surface area (Å²) in [5.41, 5.74) is 0.444. The normalized spacial score (nSPS) is 11.8. The molecule has 0 aliphatic heterocycles. The molecule has 0 fully saturated rings. The number of nitrogens with one attached hydrogen (secondary N) is 3. The average Bonchev–Trinajstić information content (AvgIpc) is 3.25. The number of rotatable bonds is 8. The predicted molar refractivity (Wildman–Crippen MR) is 114 cm³/mol. The molecule has 1 amide bonds. The highest BCUT2D eigenvalue weighted by atomic mass is 32.2. The second-order valence-corrected chi connectivity index (χ2v) is 9.20. The molecular formula is C20H18F3N3O3S2. The lowest BCUT2D eigenvalue weighted by Crippen LogP contribution is -2.23. The molecule has 0 atom stereocenters. The molecule has 0 radical (unpaired) electrons. The maximum Gasteiger partial charge on any atom is 0.405 e. The van der Waals surface area contributed by atoms with Crippen LogP contribution in [-0.4, -0.2) is 27.0 Å². The highest BCUT2D eigenvalue weighted by Gasteiger charge is 2.27. The summed E-state index contributed by atoms with van der Waals surface area (Å²) in [5.74, 6) is -0.586. The van der Waals surface area contributed by atoms with Crippen molar-refractivity contribution in [3.63, 3.8) is 0 Å². The number of carbonyl (C=O) groups excluding carboxylic acids is 1. The van der Waals surface area contributed by atoms with Crippen molar-refractivity contribution in [1.29, 1.82) is 0 Å². The van der Waals surface area contributed by atoms with E-state index in [0.29, 0.717) is 0 Å². The zero-order valence-electron chi connectivity index (χ0n) is 15.9. The SMILES string of the molecule is O=C(Nc1ccccc1NCC(F)(F)F)c1ccc(S(=O)(=O)NCc2cccs2)cc1. The van der Waals surface area contributed by atoms with Gasteiger partial charge in [0.15, 0.2) is 0 Å². The third-order valence-corrected chi connectivity index (χ3v) is 6.39. The Hall–Kier alpha value is -2.89. The third-order valence-electron chi connectivity index (χ3n) is 4.10. The minimum absolute atomic E-state index is 0.00662. The number of thiophene rings is 1. The summed E-state index contributed by atoms with van der Waals surface area (Å²) in [5, 5.41) is 6.61. The van der Waals surface area contributed by atoms with Crippen molar-refractivity contribution in [2.45, 2.75) is 17.6 Å². The van der Waals surface area contributed by atoms with Gasteiger partial charge < -0.3 is 10.6 Å². The second kappa shape index (κ2) is 9.50. The fraction of sp³-hybridized carbons (Fsp3) is 0.150. The van der Waals surface area contributed by atoms with Crippen LogP contribution in [0.1, 0.15) is 15.2 Å². The van der Waals surface area contributed by atoms with Gasteiger partial charge in [-0.15, -0.1) is 11.3 Å². The first-order valence-corrected chi connectivity index (χ1v) is 11.3. The summed E-state index contributed by atoms with van der Waals surface area (Å²) in [7, 11) is -3.76. The van der Waals surface area contributed by atoms with Crippen LogP contribution >= 0.6 is 11.3 Å². The van der Waals surface area contributed by atoms with Gasteiger partial charge in [0.25, 0.3) is 5.91 Å². The minimum atomic E-state index is -4.41. The van der Waals surface area contributed by atoms with Crippen LogP contribution in [0.5, 0.6) is 0 Å². The van der Waals surface area contributed by atoms with E-state index in [9.17, 15) is 26.4 Å². The molecule has 0 saturated heterocycles. The summed E-state index contributed by atoms with van der Waals surface area (Å²) in [4.78, 5) is 13.3. The van der Waals surface area contributed by atoms with Gasteiger partial charge in [-0.1, -0.05) is 18.2 Å². The molecule has 0 aliphatic rings. The smallest absolute Gasteiger partial charge is 0.375 e. The lowest BCUT2D eigenvalue weighted by Gasteiger charge is -2.14. The van der Waals surface area contributed by atoms with Gasteiger partial charge in [-0.3, -0.25) is 4.79 Å². The standard InChI is InChI=1S/C20H18F3N3O3S2/c21-20(22,23)13-24-17-5-1-2-6-18(17)26-19(27)14-7-9-16(10-8-14)31(28,29)25-12-15-4-3-11-30-15/h1-11,24-25H,12-13H2,(H,26,27). The van der Waals surface area contributed by atoms with Gasteiger partial charge in [0.05, 0.1) is 16.3 Å². The number of amides is 1. The minimum Gasteiger partial charge on any atom is -0.375 e. The molecule has 31 heavy (non-hydrogen) atoms. The number of hydrogen-bond donors (Lipinski definition) is 3. The molecule has 1 aromatic heterocycles. The Balaban J connectivity index is 1.67. The van der Waals surface area contributed by atoms with Crippen molar-refractivity contribution < 1.29 is 26.4 Å². The Morgan fingerprint density at radius 3 is 2.23 bits per heavy atom. The van der Waals surface area contributed by atoms with Crippen molar-refractivity contribution in [3.8, 4) is 0 Å². The second-order valence-electron chi connectivity index (χ2n) is 6.40. The van der Waals surface area contributed by atoms with E-state index in [2.05, 4.69) is 15.4 Å². The number of anilines is 2. The first-order valence-electron chi connectivity index (χ1n) is 8.97. The molecule has 0 bridgehead atoms. The molecule has 3 N–H and O–H groups in total. The molecule has 0 saturated carbocycles. The van der Waals surface area contributed by atoms with Gasteiger partial charge >= 0.3 is 6.18 Å². The molecule has 164 valence electrons. The topological polar surface area (TPSA) is 87.3 Å². The molecule has 6 nitrogen and oxygen atoms in total. The van der Waals surface area contributed by atoms with E-state index in [-0.39, 0.29) is 28.4 Å². The lowest BCUT2D eigenvalue weighted by atomic mass is 10.2. The van der Waals surface area contributed by atoms with E-state index >= 15 is 0 Å². The number of hydrogen-bond acceptors (Lipinski definition) is 5. The van der Waals surface area contributed by atoms with Crippen LogP contribution in [0.15, 0.2) is 70.9 Å². The fourth-order valence-electron chi connectivity index (χ4n) is 2.58. The summed E-state index contributed by atoms with van der Waals surface area (Å²) < 4.78 is 64.7. The Labute approximate surface area is 181 Å². The fourth-order valence-corrected chi connectivity index (χ4v) is 4.33. The maximum absolute atomic E-state index is 12.5. The first kappa shape index (κ1) is 22.8. The van der Waals surface area contributed by atoms with E-state index in [0.717, 1.165) is 4.88 Å². The summed E-state index contributed by atoms with van der Waals surface area (Å²) in [6.45, 7) is -1.09. The average molecular weight is 470 g/mol. The molecule has 0 unspecified atom stereocenters. The Morgan fingerprint density at radius 2 is 1.61 bits per heavy atom. The molecule has 0 spiro atoms. The zero-order valence-corrected chi connectivity index (χ0v) is 17.6. The highest BCUT2D eigenvalue weighted by Crippen LogP contribution is 2.24. The third kappa shape index (κ3) is 6.54. The van der Waals surface area contributed by atoms with Crippen molar-refractivity contribution in [2.75, 3.05) is 17.2 Å². The van der Waals surface area contributed by atoms with Crippen LogP contribution in [-0.2, 0) is 16.6 Å². The Morgan fingerprint density at radius 1 is 0.935 bits per heavy atom. The number of carbonyl (C=O) groups is 1. The molecule has 2 aromatic carbocycles. The molecule has 11 heteroatoms. The monoisotopic (exact) mass is 469 g/mol. The maximum atomic E-state index is 12.5. The van der Waals surface area contributed by atoms with Crippen molar-refractivity contribution in [1.82, 2.24) is 4.72 Å². The quantitative estimate of drug-likeness (QED) is 0.455. The summed E-state index contributed by atoms with van der Waals surface area (Å²) in [6.07, 6.45) is -4.41. The predicted octanol–water partition coefficient (Wildman–Crippen LogP) is 4.45. The van der Waals surface area contributed by atoms with Gasteiger partial charge in [0.1, 0.15) is 6.54 Å². The van der Waals surface area contributed by atoms with E-state index in [1.165, 1.54) is 53.8 Å². The van der Waals surface area contributed by atoms with Crippen LogP contribution in [0.3, 0.4) is 0 Å². The summed E-state index contributed by atoms with van der Waals surface area (Å²) >= 11 is 1.42. The van der Waals surface area contributed by atoms with E-state index < -0.39 is 28.7 Å². The molecule has 1 heterocycles. The van der Waals surface area contributed by atoms with Crippen LogP contribution in [0.2, 0.25) is 0 Å². The van der Waals surface area contributed by atoms with E-state index in [1.54, 1.807) is 6.07 Å². The molecule has 3 rings (SSSR count). The molecule has 3 aromatic rings. The number of para-hydroxylation sites is 2. The lowest BCUT2D eigenvalue weighted by molar-refractivity contribution is -0.115. The zero-order chi connectivity index (χ0) is 22.5. The van der Waals surface area contributed by atoms with Gasteiger partial charge in [-0.2, -0.15) is 13.2 Å². The number of benzene rings is 2. The van der Waals surface area contributed by atoms with Crippen LogP contribution in [0.25, 0.3) is 0 Å². The van der Waals surface area contributed by atoms with Gasteiger partial charge in [-0.05, 0) is 47.8 Å². The Kier molecular flexibility index (Phi) is 6.98. The van der Waals surface area contributed by atoms with Crippen molar-refractivity contribution in [2.24, 2.45) is 0 Å². The first-order chi connectivity index (χ1) is 14.6. The van der Waals surface area contributed by atoms with Gasteiger partial charge in [-0.25, -0.2) is 13.1 Å². The number of sulfonamides is 1. The summed E-state index contributed by atoms with van der Waals surface area (Å²) in [6, 6.07) is 14.9. The van der Waals surface area contributed by atoms with Crippen LogP contribution < -0.4 is 15.4 Å². The van der Waals surface area contributed by atoms with Crippen LogP contribution in [0.4, 0.5) is 24.5 Å². The van der Waals surface area contributed by atoms with Crippen molar-refractivity contribution >= 4 is 38.6 Å². The van der Waals surface area contributed by atoms with Crippen molar-refractivity contribution in [3.05, 3.63) is 76.5 Å². The number of alkyl halides is 3. The van der Waals surface area contributed by atoms with E-state index in [4.69, 9.17) is 0 Å². The largest absolute Gasteiger partial charge is 0.405 e. The van der Waals surface area contributed by atoms with Crippen LogP contribution in [0, 0.1) is 0 Å². The Bertz CT molecular complexity index is 1130. The molecular weight excluding hydrogens is 451 g/mol. The van der Waals surface area contributed by atoms with E-state index in [1.807, 2.05) is 17.5 Å². The molecule has 0 aliphatic carbocycles.